The Bertz CT molecular complexity index is 932. The molecule has 0 aliphatic rings. The van der Waals surface area contributed by atoms with Crippen LogP contribution in [0.25, 0.3) is 10.8 Å². The van der Waals surface area contributed by atoms with Gasteiger partial charge in [0, 0.05) is 0 Å². The molecule has 132 valence electrons. The number of esters is 2. The Morgan fingerprint density at radius 3 is 2.46 bits per heavy atom. The second kappa shape index (κ2) is 8.16. The average molecular weight is 350 g/mol. The Labute approximate surface area is 151 Å². The summed E-state index contributed by atoms with van der Waals surface area (Å²) in [5.74, 6) is -0.166. The first-order chi connectivity index (χ1) is 12.7. The highest BCUT2D eigenvalue weighted by Gasteiger charge is 2.11. The number of hydrogen-bond acceptors (Lipinski definition) is 5. The van der Waals surface area contributed by atoms with Gasteiger partial charge in [0.15, 0.2) is 6.61 Å². The molecule has 0 N–H and O–H groups in total. The molecule has 5 heteroatoms. The number of fused-ring (bicyclic) bond motifs is 1. The molecule has 0 saturated heterocycles. The Morgan fingerprint density at radius 2 is 1.65 bits per heavy atom. The predicted octanol–water partition coefficient (Wildman–Crippen LogP) is 4.00. The number of rotatable bonds is 6. The molecular weight excluding hydrogens is 332 g/mol. The summed E-state index contributed by atoms with van der Waals surface area (Å²) in [6.45, 7) is 1.77. The van der Waals surface area contributed by atoms with Gasteiger partial charge in [-0.1, -0.05) is 36.4 Å². The molecule has 0 aliphatic carbocycles. The summed E-state index contributed by atoms with van der Waals surface area (Å²) in [5.41, 5.74) is 0.326. The number of ether oxygens (including phenoxy) is 3. The van der Waals surface area contributed by atoms with E-state index >= 15 is 0 Å². The molecule has 0 heterocycles. The summed E-state index contributed by atoms with van der Waals surface area (Å²) >= 11 is 0. The van der Waals surface area contributed by atoms with E-state index in [0.29, 0.717) is 11.3 Å². The molecule has 0 fully saturated rings. The van der Waals surface area contributed by atoms with Gasteiger partial charge in [-0.2, -0.15) is 0 Å². The molecule has 3 rings (SSSR count). The van der Waals surface area contributed by atoms with E-state index in [1.165, 1.54) is 6.07 Å². The summed E-state index contributed by atoms with van der Waals surface area (Å²) in [7, 11) is 0. The molecule has 3 aromatic carbocycles. The molecule has 5 nitrogen and oxygen atoms in total. The second-order valence-electron chi connectivity index (χ2n) is 5.52. The Balaban J connectivity index is 1.60. The normalized spacial score (nSPS) is 10.3. The fourth-order valence-corrected chi connectivity index (χ4v) is 2.46. The molecular formula is C21H18O5. The van der Waals surface area contributed by atoms with Crippen LogP contribution in [0, 0.1) is 0 Å². The minimum Gasteiger partial charge on any atom is -0.482 e. The van der Waals surface area contributed by atoms with Crippen molar-refractivity contribution >= 4 is 22.7 Å². The van der Waals surface area contributed by atoms with Gasteiger partial charge in [-0.05, 0) is 48.0 Å². The SMILES string of the molecule is CCOC(=O)c1cccc(OC(=O)COc2ccc3ccccc3c2)c1. The molecule has 0 unspecified atom stereocenters. The van der Waals surface area contributed by atoms with Crippen molar-refractivity contribution in [2.24, 2.45) is 0 Å². The number of benzene rings is 3. The summed E-state index contributed by atoms with van der Waals surface area (Å²) in [5, 5.41) is 2.12. The topological polar surface area (TPSA) is 61.8 Å². The number of carbonyl (C=O) groups excluding carboxylic acids is 2. The Morgan fingerprint density at radius 1 is 0.846 bits per heavy atom. The Kier molecular flexibility index (Phi) is 5.49. The first-order valence-corrected chi connectivity index (χ1v) is 8.25. The van der Waals surface area contributed by atoms with E-state index in [1.54, 1.807) is 31.2 Å². The zero-order chi connectivity index (χ0) is 18.4. The molecule has 0 aliphatic heterocycles. The molecule has 26 heavy (non-hydrogen) atoms. The van der Waals surface area contributed by atoms with E-state index in [1.807, 2.05) is 36.4 Å². The maximum absolute atomic E-state index is 12.0. The van der Waals surface area contributed by atoms with Crippen LogP contribution in [0.5, 0.6) is 11.5 Å². The number of carbonyl (C=O) groups is 2. The van der Waals surface area contributed by atoms with Crippen LogP contribution in [0.4, 0.5) is 0 Å². The lowest BCUT2D eigenvalue weighted by Crippen LogP contribution is -2.18. The van der Waals surface area contributed by atoms with Crippen LogP contribution in [0.15, 0.2) is 66.7 Å². The van der Waals surface area contributed by atoms with Crippen molar-refractivity contribution in [1.29, 1.82) is 0 Å². The lowest BCUT2D eigenvalue weighted by Gasteiger charge is -2.08. The highest BCUT2D eigenvalue weighted by Crippen LogP contribution is 2.21. The first-order valence-electron chi connectivity index (χ1n) is 8.25. The largest absolute Gasteiger partial charge is 0.482 e. The van der Waals surface area contributed by atoms with Crippen LogP contribution in [-0.2, 0) is 9.53 Å². The molecule has 0 atom stereocenters. The second-order valence-corrected chi connectivity index (χ2v) is 5.52. The van der Waals surface area contributed by atoms with Crippen molar-refractivity contribution < 1.29 is 23.8 Å². The minimum absolute atomic E-state index is 0.234. The monoisotopic (exact) mass is 350 g/mol. The van der Waals surface area contributed by atoms with Crippen LogP contribution in [0.2, 0.25) is 0 Å². The van der Waals surface area contributed by atoms with Crippen molar-refractivity contribution in [3.8, 4) is 11.5 Å². The molecule has 0 saturated carbocycles. The van der Waals surface area contributed by atoms with Gasteiger partial charge in [0.05, 0.1) is 12.2 Å². The average Bonchev–Trinajstić information content (AvgIpc) is 2.66. The summed E-state index contributed by atoms with van der Waals surface area (Å²) < 4.78 is 15.6. The van der Waals surface area contributed by atoms with Crippen molar-refractivity contribution in [2.45, 2.75) is 6.92 Å². The lowest BCUT2D eigenvalue weighted by molar-refractivity contribution is -0.136. The molecule has 0 amide bonds. The van der Waals surface area contributed by atoms with E-state index in [2.05, 4.69) is 0 Å². The number of hydrogen-bond donors (Lipinski definition) is 0. The van der Waals surface area contributed by atoms with E-state index < -0.39 is 11.9 Å². The van der Waals surface area contributed by atoms with E-state index in [4.69, 9.17) is 14.2 Å². The van der Waals surface area contributed by atoms with Crippen LogP contribution in [0.1, 0.15) is 17.3 Å². The minimum atomic E-state index is -0.556. The lowest BCUT2D eigenvalue weighted by atomic mass is 10.1. The summed E-state index contributed by atoms with van der Waals surface area (Å²) in [6, 6.07) is 19.8. The maximum atomic E-state index is 12.0. The van der Waals surface area contributed by atoms with Gasteiger partial charge in [-0.15, -0.1) is 0 Å². The zero-order valence-electron chi connectivity index (χ0n) is 14.3. The molecule has 0 spiro atoms. The summed E-state index contributed by atoms with van der Waals surface area (Å²) in [4.78, 5) is 23.7. The van der Waals surface area contributed by atoms with Gasteiger partial charge < -0.3 is 14.2 Å². The Hall–Kier alpha value is -3.34. The standard InChI is InChI=1S/C21H18O5/c1-2-24-21(23)17-8-5-9-19(13-17)26-20(22)14-25-18-11-10-15-6-3-4-7-16(15)12-18/h3-13H,2,14H2,1H3. The van der Waals surface area contributed by atoms with Crippen molar-refractivity contribution in [3.63, 3.8) is 0 Å². The molecule has 0 radical (unpaired) electrons. The third kappa shape index (κ3) is 4.39. The zero-order valence-corrected chi connectivity index (χ0v) is 14.3. The maximum Gasteiger partial charge on any atom is 0.349 e. The van der Waals surface area contributed by atoms with Crippen LogP contribution in [0.3, 0.4) is 0 Å². The van der Waals surface area contributed by atoms with Gasteiger partial charge >= 0.3 is 11.9 Å². The van der Waals surface area contributed by atoms with E-state index in [9.17, 15) is 9.59 Å². The van der Waals surface area contributed by atoms with Crippen molar-refractivity contribution in [3.05, 3.63) is 72.3 Å². The van der Waals surface area contributed by atoms with Crippen molar-refractivity contribution in [2.75, 3.05) is 13.2 Å². The molecule has 0 bridgehead atoms. The molecule has 0 aromatic heterocycles. The first kappa shape index (κ1) is 17.5. The fraction of sp³-hybridized carbons (Fsp3) is 0.143. The highest BCUT2D eigenvalue weighted by molar-refractivity contribution is 5.90. The third-order valence-electron chi connectivity index (χ3n) is 3.65. The van der Waals surface area contributed by atoms with Gasteiger partial charge in [-0.25, -0.2) is 9.59 Å². The van der Waals surface area contributed by atoms with Gasteiger partial charge in [-0.3, -0.25) is 0 Å². The van der Waals surface area contributed by atoms with Crippen LogP contribution < -0.4 is 9.47 Å². The van der Waals surface area contributed by atoms with E-state index in [0.717, 1.165) is 10.8 Å². The van der Waals surface area contributed by atoms with Crippen molar-refractivity contribution in [1.82, 2.24) is 0 Å². The van der Waals surface area contributed by atoms with E-state index in [-0.39, 0.29) is 19.0 Å². The highest BCUT2D eigenvalue weighted by atomic mass is 16.6. The van der Waals surface area contributed by atoms with Gasteiger partial charge in [0.1, 0.15) is 11.5 Å². The fourth-order valence-electron chi connectivity index (χ4n) is 2.46. The quantitative estimate of drug-likeness (QED) is 0.497. The van der Waals surface area contributed by atoms with Crippen LogP contribution in [-0.4, -0.2) is 25.2 Å². The van der Waals surface area contributed by atoms with Gasteiger partial charge in [0.25, 0.3) is 0 Å². The van der Waals surface area contributed by atoms with Crippen LogP contribution >= 0.6 is 0 Å². The predicted molar refractivity (Wildman–Crippen MR) is 97.5 cm³/mol. The smallest absolute Gasteiger partial charge is 0.349 e. The third-order valence-corrected chi connectivity index (χ3v) is 3.65. The van der Waals surface area contributed by atoms with Gasteiger partial charge in [0.2, 0.25) is 0 Å². The summed E-state index contributed by atoms with van der Waals surface area (Å²) in [6.07, 6.45) is 0. The molecule has 3 aromatic rings.